The van der Waals surface area contributed by atoms with Crippen LogP contribution in [0.1, 0.15) is 23.2 Å². The molecule has 0 radical (unpaired) electrons. The molecule has 1 atom stereocenters. The van der Waals surface area contributed by atoms with Gasteiger partial charge in [-0.3, -0.25) is 9.78 Å². The molecule has 1 unspecified atom stereocenters. The highest BCUT2D eigenvalue weighted by molar-refractivity contribution is 5.97. The molecule has 1 saturated carbocycles. The molecule has 0 aromatic carbocycles. The summed E-state index contributed by atoms with van der Waals surface area (Å²) >= 11 is 0. The summed E-state index contributed by atoms with van der Waals surface area (Å²) in [5.41, 5.74) is 0.406. The van der Waals surface area contributed by atoms with Crippen molar-refractivity contribution in [2.24, 2.45) is 5.92 Å². The van der Waals surface area contributed by atoms with Crippen LogP contribution in [0.3, 0.4) is 0 Å². The van der Waals surface area contributed by atoms with Crippen LogP contribution in [-0.4, -0.2) is 24.0 Å². The van der Waals surface area contributed by atoms with Crippen LogP contribution in [0.2, 0.25) is 0 Å². The summed E-state index contributed by atoms with van der Waals surface area (Å²) in [5.74, 6) is 0.428. The van der Waals surface area contributed by atoms with Crippen molar-refractivity contribution in [2.45, 2.75) is 18.9 Å². The first-order valence-corrected chi connectivity index (χ1v) is 5.44. The van der Waals surface area contributed by atoms with E-state index in [-0.39, 0.29) is 5.91 Å². The normalized spacial score (nSPS) is 15.8. The van der Waals surface area contributed by atoms with E-state index in [2.05, 4.69) is 16.4 Å². The summed E-state index contributed by atoms with van der Waals surface area (Å²) in [4.78, 5) is 15.8. The van der Waals surface area contributed by atoms with E-state index in [9.17, 15) is 4.79 Å². The molecule has 5 nitrogen and oxygen atoms in total. The van der Waals surface area contributed by atoms with E-state index in [1.165, 1.54) is 19.5 Å². The van der Waals surface area contributed by atoms with Crippen LogP contribution >= 0.6 is 0 Å². The Labute approximate surface area is 99.4 Å². The van der Waals surface area contributed by atoms with Crippen molar-refractivity contribution in [3.8, 4) is 11.8 Å². The minimum atomic E-state index is -0.402. The summed E-state index contributed by atoms with van der Waals surface area (Å²) in [6, 6.07) is 3.29. The second-order valence-electron chi connectivity index (χ2n) is 3.99. The molecule has 2 rings (SSSR count). The van der Waals surface area contributed by atoms with Crippen LogP contribution < -0.4 is 10.1 Å². The topological polar surface area (TPSA) is 75.0 Å². The number of ether oxygens (including phenoxy) is 1. The average molecular weight is 231 g/mol. The van der Waals surface area contributed by atoms with Crippen molar-refractivity contribution in [3.05, 3.63) is 24.0 Å². The molecule has 5 heteroatoms. The van der Waals surface area contributed by atoms with E-state index in [0.29, 0.717) is 17.2 Å². The number of nitrogens with zero attached hydrogens (tertiary/aromatic N) is 2. The SMILES string of the molecule is COc1cnccc1C(=O)NC(C#N)C1CC1. The number of carbonyl (C=O) groups excluding carboxylic acids is 1. The molecule has 17 heavy (non-hydrogen) atoms. The highest BCUT2D eigenvalue weighted by atomic mass is 16.5. The predicted molar refractivity (Wildman–Crippen MR) is 60.4 cm³/mol. The Hall–Kier alpha value is -2.09. The van der Waals surface area contributed by atoms with Crippen LogP contribution in [0, 0.1) is 17.2 Å². The zero-order valence-corrected chi connectivity index (χ0v) is 9.51. The van der Waals surface area contributed by atoms with Gasteiger partial charge in [-0.15, -0.1) is 0 Å². The van der Waals surface area contributed by atoms with Crippen molar-refractivity contribution in [1.82, 2.24) is 10.3 Å². The zero-order chi connectivity index (χ0) is 12.3. The summed E-state index contributed by atoms with van der Waals surface area (Å²) in [7, 11) is 1.48. The fourth-order valence-corrected chi connectivity index (χ4v) is 1.63. The third-order valence-electron chi connectivity index (χ3n) is 2.77. The number of hydrogen-bond donors (Lipinski definition) is 1. The van der Waals surface area contributed by atoms with Gasteiger partial charge in [0.05, 0.1) is 24.9 Å². The first kappa shape index (κ1) is 11.4. The molecule has 1 aromatic heterocycles. The van der Waals surface area contributed by atoms with Crippen molar-refractivity contribution in [3.63, 3.8) is 0 Å². The van der Waals surface area contributed by atoms with Crippen molar-refractivity contribution in [2.75, 3.05) is 7.11 Å². The van der Waals surface area contributed by atoms with Gasteiger partial charge in [-0.1, -0.05) is 0 Å². The van der Waals surface area contributed by atoms with Crippen LogP contribution in [-0.2, 0) is 0 Å². The summed E-state index contributed by atoms with van der Waals surface area (Å²) in [6.45, 7) is 0. The zero-order valence-electron chi connectivity index (χ0n) is 9.51. The van der Waals surface area contributed by atoms with E-state index in [0.717, 1.165) is 12.8 Å². The Morgan fingerprint density at radius 1 is 1.71 bits per heavy atom. The highest BCUT2D eigenvalue weighted by Crippen LogP contribution is 2.32. The molecule has 1 aromatic rings. The minimum absolute atomic E-state index is 0.289. The fraction of sp³-hybridized carbons (Fsp3) is 0.417. The number of nitrogens with one attached hydrogen (secondary N) is 1. The Balaban J connectivity index is 2.11. The van der Waals surface area contributed by atoms with Gasteiger partial charge in [0, 0.05) is 6.20 Å². The number of amides is 1. The molecule has 0 saturated heterocycles. The largest absolute Gasteiger partial charge is 0.494 e. The molecule has 1 amide bonds. The molecule has 1 aliphatic carbocycles. The van der Waals surface area contributed by atoms with Crippen LogP contribution in [0.15, 0.2) is 18.5 Å². The third kappa shape index (κ3) is 2.53. The second kappa shape index (κ2) is 4.83. The van der Waals surface area contributed by atoms with Gasteiger partial charge in [0.2, 0.25) is 0 Å². The molecule has 1 fully saturated rings. The molecule has 0 bridgehead atoms. The van der Waals surface area contributed by atoms with Crippen molar-refractivity contribution < 1.29 is 9.53 Å². The van der Waals surface area contributed by atoms with Gasteiger partial charge in [0.25, 0.3) is 5.91 Å². The van der Waals surface area contributed by atoms with Crippen LogP contribution in [0.5, 0.6) is 5.75 Å². The summed E-state index contributed by atoms with van der Waals surface area (Å²) < 4.78 is 5.05. The van der Waals surface area contributed by atoms with E-state index >= 15 is 0 Å². The number of aromatic nitrogens is 1. The maximum absolute atomic E-state index is 12.0. The van der Waals surface area contributed by atoms with Crippen LogP contribution in [0.4, 0.5) is 0 Å². The van der Waals surface area contributed by atoms with E-state index in [4.69, 9.17) is 10.00 Å². The Kier molecular flexibility index (Phi) is 3.24. The van der Waals surface area contributed by atoms with Gasteiger partial charge in [0.15, 0.2) is 0 Å². The number of pyridine rings is 1. The number of nitriles is 1. The quantitative estimate of drug-likeness (QED) is 0.842. The van der Waals surface area contributed by atoms with Crippen LogP contribution in [0.25, 0.3) is 0 Å². The number of carbonyl (C=O) groups is 1. The Bertz CT molecular complexity index is 463. The van der Waals surface area contributed by atoms with Gasteiger partial charge in [-0.05, 0) is 24.8 Å². The summed E-state index contributed by atoms with van der Waals surface area (Å²) in [6.07, 6.45) is 5.02. The summed E-state index contributed by atoms with van der Waals surface area (Å²) in [5, 5.41) is 11.7. The molecule has 88 valence electrons. The molecule has 1 N–H and O–H groups in total. The molecule has 0 spiro atoms. The lowest BCUT2D eigenvalue weighted by Gasteiger charge is -2.12. The number of methoxy groups -OCH3 is 1. The van der Waals surface area contributed by atoms with Crippen molar-refractivity contribution >= 4 is 5.91 Å². The first-order chi connectivity index (χ1) is 8.26. The number of hydrogen-bond acceptors (Lipinski definition) is 4. The minimum Gasteiger partial charge on any atom is -0.494 e. The van der Waals surface area contributed by atoms with Gasteiger partial charge >= 0.3 is 0 Å². The van der Waals surface area contributed by atoms with Gasteiger partial charge in [0.1, 0.15) is 11.8 Å². The molecule has 1 aliphatic rings. The Morgan fingerprint density at radius 3 is 3.06 bits per heavy atom. The van der Waals surface area contributed by atoms with E-state index < -0.39 is 6.04 Å². The lowest BCUT2D eigenvalue weighted by Crippen LogP contribution is -2.35. The van der Waals surface area contributed by atoms with Crippen molar-refractivity contribution in [1.29, 1.82) is 5.26 Å². The monoisotopic (exact) mass is 231 g/mol. The smallest absolute Gasteiger partial charge is 0.256 e. The van der Waals surface area contributed by atoms with Gasteiger partial charge in [-0.25, -0.2) is 0 Å². The molecule has 0 aliphatic heterocycles. The molecular weight excluding hydrogens is 218 g/mol. The number of rotatable bonds is 4. The maximum atomic E-state index is 12.0. The molecule has 1 heterocycles. The lowest BCUT2D eigenvalue weighted by molar-refractivity contribution is 0.0938. The first-order valence-electron chi connectivity index (χ1n) is 5.44. The Morgan fingerprint density at radius 2 is 2.47 bits per heavy atom. The van der Waals surface area contributed by atoms with Gasteiger partial charge in [-0.2, -0.15) is 5.26 Å². The molecular formula is C12H13N3O2. The lowest BCUT2D eigenvalue weighted by atomic mass is 10.1. The fourth-order valence-electron chi connectivity index (χ4n) is 1.63. The van der Waals surface area contributed by atoms with Gasteiger partial charge < -0.3 is 10.1 Å². The van der Waals surface area contributed by atoms with E-state index in [1.54, 1.807) is 6.07 Å². The standard InChI is InChI=1S/C12H13N3O2/c1-17-11-7-14-5-4-9(11)12(16)15-10(6-13)8-2-3-8/h4-5,7-8,10H,2-3H2,1H3,(H,15,16). The predicted octanol–water partition coefficient (Wildman–Crippen LogP) is 1.12. The third-order valence-corrected chi connectivity index (χ3v) is 2.77. The average Bonchev–Trinajstić information content (AvgIpc) is 3.19. The maximum Gasteiger partial charge on any atom is 0.256 e. The highest BCUT2D eigenvalue weighted by Gasteiger charge is 2.32. The second-order valence-corrected chi connectivity index (χ2v) is 3.99. The van der Waals surface area contributed by atoms with E-state index in [1.807, 2.05) is 0 Å².